The summed E-state index contributed by atoms with van der Waals surface area (Å²) in [6.45, 7) is 1.67. The van der Waals surface area contributed by atoms with Gasteiger partial charge in [0.2, 0.25) is 16.0 Å². The molecule has 0 unspecified atom stereocenters. The first kappa shape index (κ1) is 21.3. The molecule has 0 aliphatic carbocycles. The Labute approximate surface area is 184 Å². The second-order valence-corrected chi connectivity index (χ2v) is 9.12. The molecule has 1 aliphatic heterocycles. The van der Waals surface area contributed by atoms with E-state index in [1.807, 2.05) is 4.90 Å². The molecule has 9 nitrogen and oxygen atoms in total. The van der Waals surface area contributed by atoms with Gasteiger partial charge in [0.15, 0.2) is 5.69 Å². The van der Waals surface area contributed by atoms with Crippen molar-refractivity contribution in [3.63, 3.8) is 0 Å². The van der Waals surface area contributed by atoms with Gasteiger partial charge in [-0.05, 0) is 43.2 Å². The second kappa shape index (κ2) is 9.04. The summed E-state index contributed by atoms with van der Waals surface area (Å²) in [4.78, 5) is 23.3. The van der Waals surface area contributed by atoms with Crippen LogP contribution >= 0.6 is 11.6 Å². The molecule has 0 atom stereocenters. The van der Waals surface area contributed by atoms with E-state index in [9.17, 15) is 13.2 Å². The predicted molar refractivity (Wildman–Crippen MR) is 116 cm³/mol. The first-order valence-corrected chi connectivity index (χ1v) is 11.5. The molecular formula is C20H20ClN5O4S. The molecule has 31 heavy (non-hydrogen) atoms. The quantitative estimate of drug-likeness (QED) is 0.555. The summed E-state index contributed by atoms with van der Waals surface area (Å²) in [6.07, 6.45) is 4.95. The Morgan fingerprint density at radius 1 is 1.19 bits per heavy atom. The maximum atomic E-state index is 12.8. The van der Waals surface area contributed by atoms with Gasteiger partial charge in [0, 0.05) is 18.8 Å². The number of anilines is 2. The lowest BCUT2D eigenvalue weighted by atomic mass is 10.3. The topological polar surface area (TPSA) is 117 Å². The predicted octanol–water partition coefficient (Wildman–Crippen LogP) is 3.05. The van der Waals surface area contributed by atoms with E-state index in [0.29, 0.717) is 17.4 Å². The van der Waals surface area contributed by atoms with Crippen LogP contribution in [-0.2, 0) is 16.6 Å². The summed E-state index contributed by atoms with van der Waals surface area (Å²) < 4.78 is 32.7. The zero-order valence-corrected chi connectivity index (χ0v) is 18.0. The van der Waals surface area contributed by atoms with E-state index in [2.05, 4.69) is 20.0 Å². The second-order valence-electron chi connectivity index (χ2n) is 6.95. The third-order valence-electron chi connectivity index (χ3n) is 4.75. The Bertz CT molecular complexity index is 1180. The zero-order valence-electron chi connectivity index (χ0n) is 16.4. The van der Waals surface area contributed by atoms with E-state index < -0.39 is 15.9 Å². The minimum absolute atomic E-state index is 0.00314. The van der Waals surface area contributed by atoms with Crippen LogP contribution in [0.15, 0.2) is 58.2 Å². The Morgan fingerprint density at radius 3 is 2.74 bits per heavy atom. The van der Waals surface area contributed by atoms with Crippen molar-refractivity contribution in [1.29, 1.82) is 0 Å². The molecule has 1 aromatic carbocycles. The van der Waals surface area contributed by atoms with Crippen molar-refractivity contribution < 1.29 is 17.6 Å². The van der Waals surface area contributed by atoms with Crippen LogP contribution in [0.25, 0.3) is 0 Å². The van der Waals surface area contributed by atoms with Crippen LogP contribution in [0.4, 0.5) is 11.6 Å². The highest BCUT2D eigenvalue weighted by atomic mass is 35.5. The van der Waals surface area contributed by atoms with E-state index in [-0.39, 0.29) is 22.2 Å². The summed E-state index contributed by atoms with van der Waals surface area (Å²) in [7, 11) is -3.80. The minimum Gasteiger partial charge on any atom is -0.468 e. The molecule has 2 N–H and O–H groups in total. The Balaban J connectivity index is 1.49. The van der Waals surface area contributed by atoms with Crippen molar-refractivity contribution in [3.8, 4) is 0 Å². The highest BCUT2D eigenvalue weighted by Crippen LogP contribution is 2.22. The third kappa shape index (κ3) is 5.04. The van der Waals surface area contributed by atoms with Gasteiger partial charge in [-0.15, -0.1) is 0 Å². The van der Waals surface area contributed by atoms with E-state index in [0.717, 1.165) is 25.9 Å². The van der Waals surface area contributed by atoms with Crippen molar-refractivity contribution in [2.75, 3.05) is 23.3 Å². The van der Waals surface area contributed by atoms with Crippen molar-refractivity contribution >= 4 is 39.2 Å². The molecule has 1 fully saturated rings. The number of carbonyl (C=O) groups is 1. The smallest absolute Gasteiger partial charge is 0.276 e. The van der Waals surface area contributed by atoms with Crippen LogP contribution in [0, 0.1) is 0 Å². The van der Waals surface area contributed by atoms with Crippen LogP contribution in [0.2, 0.25) is 5.02 Å². The fourth-order valence-electron chi connectivity index (χ4n) is 3.18. The van der Waals surface area contributed by atoms with Gasteiger partial charge in [0.1, 0.15) is 5.76 Å². The molecule has 1 amide bonds. The summed E-state index contributed by atoms with van der Waals surface area (Å²) in [5.41, 5.74) is 0.325. The largest absolute Gasteiger partial charge is 0.468 e. The number of aromatic nitrogens is 2. The number of amides is 1. The van der Waals surface area contributed by atoms with Crippen molar-refractivity contribution in [2.24, 2.45) is 0 Å². The van der Waals surface area contributed by atoms with E-state index in [4.69, 9.17) is 16.0 Å². The maximum Gasteiger partial charge on any atom is 0.276 e. The van der Waals surface area contributed by atoms with Crippen LogP contribution in [0.1, 0.15) is 29.1 Å². The average molecular weight is 462 g/mol. The maximum absolute atomic E-state index is 12.8. The number of nitrogens with one attached hydrogen (secondary N) is 2. The molecule has 1 saturated heterocycles. The molecule has 11 heteroatoms. The lowest BCUT2D eigenvalue weighted by Gasteiger charge is -2.16. The summed E-state index contributed by atoms with van der Waals surface area (Å²) in [6, 6.07) is 9.25. The minimum atomic E-state index is -3.80. The fraction of sp³-hybridized carbons (Fsp3) is 0.250. The molecule has 3 aromatic rings. The highest BCUT2D eigenvalue weighted by Gasteiger charge is 2.21. The van der Waals surface area contributed by atoms with Crippen molar-refractivity contribution in [3.05, 3.63) is 65.3 Å². The van der Waals surface area contributed by atoms with Crippen LogP contribution in [0.3, 0.4) is 0 Å². The molecule has 0 saturated carbocycles. The monoisotopic (exact) mass is 461 g/mol. The number of halogens is 1. The van der Waals surface area contributed by atoms with Crippen molar-refractivity contribution in [1.82, 2.24) is 14.7 Å². The normalized spacial score (nSPS) is 14.0. The van der Waals surface area contributed by atoms with Gasteiger partial charge in [0.25, 0.3) is 5.91 Å². The average Bonchev–Trinajstić information content (AvgIpc) is 3.47. The summed E-state index contributed by atoms with van der Waals surface area (Å²) >= 11 is 6.14. The first-order valence-electron chi connectivity index (χ1n) is 9.63. The number of hydrogen-bond donors (Lipinski definition) is 2. The molecule has 1 aliphatic rings. The third-order valence-corrected chi connectivity index (χ3v) is 6.43. The van der Waals surface area contributed by atoms with Gasteiger partial charge in [0.05, 0.1) is 28.9 Å². The van der Waals surface area contributed by atoms with Crippen LogP contribution in [-0.4, -0.2) is 37.4 Å². The van der Waals surface area contributed by atoms with E-state index >= 15 is 0 Å². The Hall–Kier alpha value is -2.95. The number of benzene rings is 1. The Morgan fingerprint density at radius 2 is 2.00 bits per heavy atom. The van der Waals surface area contributed by atoms with Crippen LogP contribution < -0.4 is 14.9 Å². The van der Waals surface area contributed by atoms with Gasteiger partial charge in [-0.1, -0.05) is 17.7 Å². The molecule has 3 heterocycles. The highest BCUT2D eigenvalue weighted by molar-refractivity contribution is 7.89. The summed E-state index contributed by atoms with van der Waals surface area (Å²) in [5, 5.41) is 2.77. The van der Waals surface area contributed by atoms with Gasteiger partial charge < -0.3 is 14.6 Å². The number of furan rings is 1. The molecule has 0 bridgehead atoms. The summed E-state index contributed by atoms with van der Waals surface area (Å²) in [5.74, 6) is 0.386. The number of nitrogens with zero attached hydrogens (tertiary/aromatic N) is 3. The number of hydrogen-bond acceptors (Lipinski definition) is 7. The standard InChI is InChI=1S/C20H20ClN5O4S/c21-17-13-22-20(26-8-1-2-9-26)25-18(17)19(27)24-14-5-3-7-16(11-14)31(28,29)23-12-15-6-4-10-30-15/h3-7,10-11,13,23H,1-2,8-9,12H2,(H,24,27). The molecule has 0 radical (unpaired) electrons. The molecule has 4 rings (SSSR count). The molecular weight excluding hydrogens is 442 g/mol. The van der Waals surface area contributed by atoms with E-state index in [1.54, 1.807) is 18.2 Å². The fourth-order valence-corrected chi connectivity index (χ4v) is 4.40. The van der Waals surface area contributed by atoms with Gasteiger partial charge in [-0.3, -0.25) is 4.79 Å². The lowest BCUT2D eigenvalue weighted by molar-refractivity contribution is 0.102. The van der Waals surface area contributed by atoms with Crippen LogP contribution in [0.5, 0.6) is 0 Å². The van der Waals surface area contributed by atoms with Gasteiger partial charge >= 0.3 is 0 Å². The van der Waals surface area contributed by atoms with Crippen molar-refractivity contribution in [2.45, 2.75) is 24.3 Å². The zero-order chi connectivity index (χ0) is 21.8. The Kier molecular flexibility index (Phi) is 6.21. The molecule has 2 aromatic heterocycles. The molecule has 0 spiro atoms. The molecule has 162 valence electrons. The van der Waals surface area contributed by atoms with Gasteiger partial charge in [-0.2, -0.15) is 0 Å². The lowest BCUT2D eigenvalue weighted by Crippen LogP contribution is -2.24. The number of rotatable bonds is 7. The first-order chi connectivity index (χ1) is 14.9. The van der Waals surface area contributed by atoms with Gasteiger partial charge in [-0.25, -0.2) is 23.1 Å². The van der Waals surface area contributed by atoms with E-state index in [1.165, 1.54) is 30.7 Å². The SMILES string of the molecule is O=C(Nc1cccc(S(=O)(=O)NCc2ccco2)c1)c1nc(N2CCCC2)ncc1Cl. The number of carbonyl (C=O) groups excluding carboxylic acids is 1. The number of sulfonamides is 1.